The van der Waals surface area contributed by atoms with Crippen LogP contribution in [0.25, 0.3) is 0 Å². The molecule has 3 atom stereocenters. The van der Waals surface area contributed by atoms with Gasteiger partial charge < -0.3 is 20.0 Å². The lowest BCUT2D eigenvalue weighted by Crippen LogP contribution is -2.61. The van der Waals surface area contributed by atoms with Gasteiger partial charge in [0.1, 0.15) is 17.2 Å². The largest absolute Gasteiger partial charge is 0.466 e. The quantitative estimate of drug-likeness (QED) is 0.782. The van der Waals surface area contributed by atoms with Crippen molar-refractivity contribution in [1.29, 1.82) is 0 Å². The Morgan fingerprint density at radius 1 is 1.23 bits per heavy atom. The molecule has 1 aliphatic carbocycles. The molecule has 1 saturated heterocycles. The van der Waals surface area contributed by atoms with E-state index < -0.39 is 5.66 Å². The molecule has 2 aromatic rings. The number of nitrogens with one attached hydrogen (secondary N) is 2. The number of hydrogen-bond acceptors (Lipinski definition) is 4. The molecule has 2 amide bonds. The summed E-state index contributed by atoms with van der Waals surface area (Å²) < 4.78 is 5.86. The van der Waals surface area contributed by atoms with Crippen molar-refractivity contribution in [2.75, 3.05) is 18.4 Å². The van der Waals surface area contributed by atoms with Crippen LogP contribution in [0.2, 0.25) is 0 Å². The van der Waals surface area contributed by atoms with E-state index in [1.165, 1.54) is 0 Å². The van der Waals surface area contributed by atoms with Crippen LogP contribution in [0, 0.1) is 31.6 Å². The van der Waals surface area contributed by atoms with Gasteiger partial charge in [0.2, 0.25) is 0 Å². The van der Waals surface area contributed by atoms with Crippen LogP contribution < -0.4 is 10.6 Å². The molecule has 31 heavy (non-hydrogen) atoms. The minimum Gasteiger partial charge on any atom is -0.466 e. The van der Waals surface area contributed by atoms with Crippen molar-refractivity contribution in [3.8, 4) is 0 Å². The van der Waals surface area contributed by atoms with Crippen molar-refractivity contribution in [1.82, 2.24) is 10.2 Å². The number of benzene rings is 1. The van der Waals surface area contributed by atoms with Crippen LogP contribution in [0.15, 0.2) is 28.7 Å². The van der Waals surface area contributed by atoms with E-state index in [1.807, 2.05) is 43.0 Å². The maximum Gasteiger partial charge on any atom is 0.257 e. The molecule has 1 spiro atoms. The van der Waals surface area contributed by atoms with Crippen LogP contribution in [-0.2, 0) is 6.42 Å². The van der Waals surface area contributed by atoms with Crippen molar-refractivity contribution < 1.29 is 14.0 Å². The van der Waals surface area contributed by atoms with E-state index in [2.05, 4.69) is 24.5 Å². The summed E-state index contributed by atoms with van der Waals surface area (Å²) in [5, 5.41) is 6.93. The summed E-state index contributed by atoms with van der Waals surface area (Å²) in [5.41, 5.74) is 2.91. The number of carbonyl (C=O) groups is 2. The standard InChI is InChI=1S/C25H31N3O3/c1-14(2)9-18-11-20(16(4)31-18)24(30)28-12-17-7-8-25(21(17)13-28)26-22-10-15(3)5-6-19(22)23(29)27-25/h5-6,10-11,14,17,21,26H,7-9,12-13H2,1-4H3,(H,27,29)/t17-,21+,25+/m1/s1. The second-order valence-corrected chi connectivity index (χ2v) is 10.00. The van der Waals surface area contributed by atoms with Crippen molar-refractivity contribution in [3.63, 3.8) is 0 Å². The van der Waals surface area contributed by atoms with Crippen molar-refractivity contribution in [3.05, 3.63) is 52.5 Å². The molecule has 2 N–H and O–H groups in total. The first-order valence-corrected chi connectivity index (χ1v) is 11.4. The zero-order valence-corrected chi connectivity index (χ0v) is 18.7. The Labute approximate surface area is 183 Å². The van der Waals surface area contributed by atoms with Gasteiger partial charge in [-0.05, 0) is 62.3 Å². The highest BCUT2D eigenvalue weighted by atomic mass is 16.3. The Bertz CT molecular complexity index is 1060. The summed E-state index contributed by atoms with van der Waals surface area (Å²) >= 11 is 0. The van der Waals surface area contributed by atoms with Crippen LogP contribution in [0.1, 0.15) is 64.5 Å². The Balaban J connectivity index is 1.37. The fourth-order valence-electron chi connectivity index (χ4n) is 5.73. The second-order valence-electron chi connectivity index (χ2n) is 10.00. The first-order chi connectivity index (χ1) is 14.8. The van der Waals surface area contributed by atoms with Crippen LogP contribution in [0.3, 0.4) is 0 Å². The number of hydrogen-bond donors (Lipinski definition) is 2. The normalized spacial score (nSPS) is 26.7. The molecule has 1 aromatic carbocycles. The van der Waals surface area contributed by atoms with Gasteiger partial charge in [0.15, 0.2) is 0 Å². The van der Waals surface area contributed by atoms with Gasteiger partial charge in [-0.15, -0.1) is 0 Å². The number of rotatable bonds is 3. The number of fused-ring (bicyclic) bond motifs is 3. The SMILES string of the molecule is Cc1ccc2c(c1)N[C@@]1(CC[C@@H]3CN(C(=O)c4cc(CC(C)C)oc4C)C[C@@H]31)NC2=O. The van der Waals surface area contributed by atoms with Gasteiger partial charge in [-0.3, -0.25) is 9.59 Å². The minimum absolute atomic E-state index is 0.0248. The van der Waals surface area contributed by atoms with Gasteiger partial charge in [0, 0.05) is 31.1 Å². The van der Waals surface area contributed by atoms with E-state index in [0.717, 1.165) is 42.8 Å². The molecule has 5 rings (SSSR count). The maximum atomic E-state index is 13.3. The molecule has 6 nitrogen and oxygen atoms in total. The number of furan rings is 1. The molecule has 1 aromatic heterocycles. The average molecular weight is 422 g/mol. The lowest BCUT2D eigenvalue weighted by Gasteiger charge is -2.42. The Morgan fingerprint density at radius 2 is 2.03 bits per heavy atom. The number of amides is 2. The molecule has 0 bridgehead atoms. The molecule has 3 aliphatic rings. The smallest absolute Gasteiger partial charge is 0.257 e. The molecule has 1 saturated carbocycles. The Hall–Kier alpha value is -2.76. The third-order valence-corrected chi connectivity index (χ3v) is 7.19. The predicted molar refractivity (Wildman–Crippen MR) is 119 cm³/mol. The number of carbonyl (C=O) groups excluding carboxylic acids is 2. The highest BCUT2D eigenvalue weighted by Crippen LogP contribution is 2.47. The van der Waals surface area contributed by atoms with Gasteiger partial charge in [-0.25, -0.2) is 0 Å². The van der Waals surface area contributed by atoms with Crippen LogP contribution in [-0.4, -0.2) is 35.5 Å². The Morgan fingerprint density at radius 3 is 2.81 bits per heavy atom. The minimum atomic E-state index is -0.480. The van der Waals surface area contributed by atoms with Gasteiger partial charge in [-0.2, -0.15) is 0 Å². The third-order valence-electron chi connectivity index (χ3n) is 7.19. The van der Waals surface area contributed by atoms with E-state index >= 15 is 0 Å². The van der Waals surface area contributed by atoms with Crippen molar-refractivity contribution in [2.24, 2.45) is 17.8 Å². The van der Waals surface area contributed by atoms with E-state index in [-0.39, 0.29) is 17.7 Å². The van der Waals surface area contributed by atoms with E-state index in [0.29, 0.717) is 35.3 Å². The summed E-state index contributed by atoms with van der Waals surface area (Å²) in [6.07, 6.45) is 2.70. The average Bonchev–Trinajstić information content (AvgIpc) is 3.36. The predicted octanol–water partition coefficient (Wildman–Crippen LogP) is 4.13. The highest BCUT2D eigenvalue weighted by Gasteiger charge is 2.55. The lowest BCUT2D eigenvalue weighted by molar-refractivity contribution is 0.0766. The van der Waals surface area contributed by atoms with E-state index in [9.17, 15) is 9.59 Å². The van der Waals surface area contributed by atoms with Crippen LogP contribution in [0.5, 0.6) is 0 Å². The maximum absolute atomic E-state index is 13.3. The summed E-state index contributed by atoms with van der Waals surface area (Å²) in [7, 11) is 0. The summed E-state index contributed by atoms with van der Waals surface area (Å²) in [4.78, 5) is 28.2. The first-order valence-electron chi connectivity index (χ1n) is 11.4. The Kier molecular flexibility index (Phi) is 4.65. The molecular weight excluding hydrogens is 390 g/mol. The highest BCUT2D eigenvalue weighted by molar-refractivity contribution is 6.02. The fourth-order valence-corrected chi connectivity index (χ4v) is 5.73. The van der Waals surface area contributed by atoms with E-state index in [1.54, 1.807) is 0 Å². The van der Waals surface area contributed by atoms with Crippen molar-refractivity contribution >= 4 is 17.5 Å². The van der Waals surface area contributed by atoms with Gasteiger partial charge in [0.05, 0.1) is 11.1 Å². The first kappa shape index (κ1) is 20.2. The van der Waals surface area contributed by atoms with Crippen LogP contribution in [0.4, 0.5) is 5.69 Å². The molecule has 3 heterocycles. The number of nitrogens with zero attached hydrogens (tertiary/aromatic N) is 1. The number of likely N-dealkylation sites (tertiary alicyclic amines) is 1. The molecule has 0 radical (unpaired) electrons. The monoisotopic (exact) mass is 421 g/mol. The molecule has 2 aliphatic heterocycles. The summed E-state index contributed by atoms with van der Waals surface area (Å²) in [6, 6.07) is 7.81. The number of anilines is 1. The second kappa shape index (κ2) is 7.14. The molecule has 6 heteroatoms. The molecule has 164 valence electrons. The summed E-state index contributed by atoms with van der Waals surface area (Å²) in [5.74, 6) is 2.64. The zero-order valence-electron chi connectivity index (χ0n) is 18.7. The molecular formula is C25H31N3O3. The van der Waals surface area contributed by atoms with Gasteiger partial charge >= 0.3 is 0 Å². The topological polar surface area (TPSA) is 74.6 Å². The lowest BCUT2D eigenvalue weighted by atomic mass is 9.89. The summed E-state index contributed by atoms with van der Waals surface area (Å²) in [6.45, 7) is 9.57. The zero-order chi connectivity index (χ0) is 21.9. The molecule has 2 fully saturated rings. The van der Waals surface area contributed by atoms with Crippen LogP contribution >= 0.6 is 0 Å². The van der Waals surface area contributed by atoms with Crippen molar-refractivity contribution in [2.45, 2.75) is 52.6 Å². The number of aryl methyl sites for hydroxylation is 2. The van der Waals surface area contributed by atoms with E-state index in [4.69, 9.17) is 4.42 Å². The third kappa shape index (κ3) is 3.33. The van der Waals surface area contributed by atoms with Gasteiger partial charge in [-0.1, -0.05) is 19.9 Å². The fraction of sp³-hybridized carbons (Fsp3) is 0.520. The molecule has 0 unspecified atom stereocenters. The van der Waals surface area contributed by atoms with Gasteiger partial charge in [0.25, 0.3) is 11.8 Å².